The Hall–Kier alpha value is -1.24. The number of hydrogen-bond acceptors (Lipinski definition) is 6. The molecule has 2 aromatic rings. The van der Waals surface area contributed by atoms with E-state index in [1.807, 2.05) is 5.51 Å². The van der Waals surface area contributed by atoms with Crippen molar-refractivity contribution in [1.82, 2.24) is 19.9 Å². The number of rotatable bonds is 3. The van der Waals surface area contributed by atoms with Crippen molar-refractivity contribution >= 4 is 28.8 Å². The zero-order valence-electron chi connectivity index (χ0n) is 11.1. The summed E-state index contributed by atoms with van der Waals surface area (Å²) in [5, 5.41) is 2.74. The van der Waals surface area contributed by atoms with E-state index < -0.39 is 0 Å². The molecule has 7 heteroatoms. The molecule has 0 unspecified atom stereocenters. The molecule has 1 aliphatic rings. The fraction of sp³-hybridized carbons (Fsp3) is 0.462. The standard InChI is InChI=1S/C13H16ClN5S/c14-12-6-15-9-16-13(12)19-3-1-2-18(4-5-19)7-11-8-20-10-17-11/h6,8-10H,1-5,7H2. The maximum Gasteiger partial charge on any atom is 0.150 e. The zero-order chi connectivity index (χ0) is 13.8. The fourth-order valence-electron chi connectivity index (χ4n) is 2.42. The second kappa shape index (κ2) is 6.47. The van der Waals surface area contributed by atoms with Crippen LogP contribution in [0.15, 0.2) is 23.4 Å². The van der Waals surface area contributed by atoms with Crippen LogP contribution in [0.5, 0.6) is 0 Å². The van der Waals surface area contributed by atoms with E-state index in [4.69, 9.17) is 11.6 Å². The predicted octanol–water partition coefficient (Wildman–Crippen LogP) is 2.30. The molecule has 0 saturated carbocycles. The lowest BCUT2D eigenvalue weighted by molar-refractivity contribution is 0.282. The summed E-state index contributed by atoms with van der Waals surface area (Å²) >= 11 is 7.82. The van der Waals surface area contributed by atoms with Crippen LogP contribution < -0.4 is 4.90 Å². The van der Waals surface area contributed by atoms with Crippen molar-refractivity contribution in [1.29, 1.82) is 0 Å². The molecule has 1 fully saturated rings. The first-order valence-electron chi connectivity index (χ1n) is 6.63. The Morgan fingerprint density at radius 2 is 2.15 bits per heavy atom. The SMILES string of the molecule is Clc1cncnc1N1CCCN(Cc2cscn2)CC1. The minimum Gasteiger partial charge on any atom is -0.354 e. The van der Waals surface area contributed by atoms with Crippen LogP contribution in [0.25, 0.3) is 0 Å². The summed E-state index contributed by atoms with van der Waals surface area (Å²) in [5.41, 5.74) is 3.05. The second-order valence-electron chi connectivity index (χ2n) is 4.79. The molecule has 1 aliphatic heterocycles. The molecule has 3 heterocycles. The van der Waals surface area contributed by atoms with E-state index in [9.17, 15) is 0 Å². The molecule has 0 bridgehead atoms. The monoisotopic (exact) mass is 309 g/mol. The van der Waals surface area contributed by atoms with Gasteiger partial charge < -0.3 is 4.90 Å². The third kappa shape index (κ3) is 3.26. The van der Waals surface area contributed by atoms with Crippen LogP contribution in [0.3, 0.4) is 0 Å². The summed E-state index contributed by atoms with van der Waals surface area (Å²) in [7, 11) is 0. The molecule has 5 nitrogen and oxygen atoms in total. The van der Waals surface area contributed by atoms with Crippen LogP contribution in [-0.2, 0) is 6.54 Å². The first-order valence-corrected chi connectivity index (χ1v) is 7.95. The molecule has 3 rings (SSSR count). The first kappa shape index (κ1) is 13.7. The third-order valence-corrected chi connectivity index (χ3v) is 4.31. The Kier molecular flexibility index (Phi) is 4.44. The topological polar surface area (TPSA) is 45.2 Å². The van der Waals surface area contributed by atoms with Crippen LogP contribution in [0.4, 0.5) is 5.82 Å². The smallest absolute Gasteiger partial charge is 0.150 e. The highest BCUT2D eigenvalue weighted by Crippen LogP contribution is 2.22. The van der Waals surface area contributed by atoms with Gasteiger partial charge in [0.1, 0.15) is 11.3 Å². The number of hydrogen-bond donors (Lipinski definition) is 0. The summed E-state index contributed by atoms with van der Waals surface area (Å²) in [6.45, 7) is 4.91. The molecule has 0 aromatic carbocycles. The molecule has 20 heavy (non-hydrogen) atoms. The normalized spacial score (nSPS) is 17.1. The Balaban J connectivity index is 1.63. The zero-order valence-corrected chi connectivity index (χ0v) is 12.6. The highest BCUT2D eigenvalue weighted by molar-refractivity contribution is 7.07. The Morgan fingerprint density at radius 3 is 2.95 bits per heavy atom. The van der Waals surface area contributed by atoms with Crippen molar-refractivity contribution in [3.8, 4) is 0 Å². The van der Waals surface area contributed by atoms with E-state index in [-0.39, 0.29) is 0 Å². The quantitative estimate of drug-likeness (QED) is 0.870. The van der Waals surface area contributed by atoms with Gasteiger partial charge in [-0.2, -0.15) is 0 Å². The van der Waals surface area contributed by atoms with Gasteiger partial charge in [-0.25, -0.2) is 15.0 Å². The van der Waals surface area contributed by atoms with Gasteiger partial charge in [-0.3, -0.25) is 4.90 Å². The van der Waals surface area contributed by atoms with Crippen molar-refractivity contribution in [2.75, 3.05) is 31.1 Å². The third-order valence-electron chi connectivity index (χ3n) is 3.41. The van der Waals surface area contributed by atoms with Crippen LogP contribution in [-0.4, -0.2) is 46.0 Å². The summed E-state index contributed by atoms with van der Waals surface area (Å²) in [6, 6.07) is 0. The summed E-state index contributed by atoms with van der Waals surface area (Å²) < 4.78 is 0. The minimum absolute atomic E-state index is 0.625. The predicted molar refractivity (Wildman–Crippen MR) is 81.3 cm³/mol. The van der Waals surface area contributed by atoms with Crippen molar-refractivity contribution in [3.63, 3.8) is 0 Å². The number of thiazole rings is 1. The molecule has 0 amide bonds. The largest absolute Gasteiger partial charge is 0.354 e. The van der Waals surface area contributed by atoms with Gasteiger partial charge in [0.15, 0.2) is 5.82 Å². The van der Waals surface area contributed by atoms with Crippen LogP contribution in [0.1, 0.15) is 12.1 Å². The number of anilines is 1. The Bertz CT molecular complexity index is 547. The van der Waals surface area contributed by atoms with Gasteiger partial charge in [0.05, 0.1) is 17.4 Å². The highest BCUT2D eigenvalue weighted by Gasteiger charge is 2.18. The molecule has 0 spiro atoms. The second-order valence-corrected chi connectivity index (χ2v) is 5.92. The van der Waals surface area contributed by atoms with E-state index in [0.717, 1.165) is 50.7 Å². The lowest BCUT2D eigenvalue weighted by atomic mass is 10.3. The number of halogens is 1. The summed E-state index contributed by atoms with van der Waals surface area (Å²) in [6.07, 6.45) is 4.31. The van der Waals surface area contributed by atoms with Crippen molar-refractivity contribution in [2.45, 2.75) is 13.0 Å². The van der Waals surface area contributed by atoms with Gasteiger partial charge in [0.2, 0.25) is 0 Å². The van der Waals surface area contributed by atoms with E-state index >= 15 is 0 Å². The van der Waals surface area contributed by atoms with Crippen molar-refractivity contribution in [2.24, 2.45) is 0 Å². The molecular weight excluding hydrogens is 294 g/mol. The van der Waals surface area contributed by atoms with Crippen LogP contribution in [0.2, 0.25) is 5.02 Å². The van der Waals surface area contributed by atoms with E-state index in [2.05, 4.69) is 30.1 Å². The van der Waals surface area contributed by atoms with Gasteiger partial charge in [-0.1, -0.05) is 11.6 Å². The molecule has 0 N–H and O–H groups in total. The van der Waals surface area contributed by atoms with Gasteiger partial charge in [0.25, 0.3) is 0 Å². The summed E-state index contributed by atoms with van der Waals surface area (Å²) in [5.74, 6) is 0.845. The van der Waals surface area contributed by atoms with Crippen molar-refractivity contribution in [3.05, 3.63) is 34.1 Å². The number of nitrogens with zero attached hydrogens (tertiary/aromatic N) is 5. The lowest BCUT2D eigenvalue weighted by Crippen LogP contribution is -2.31. The van der Waals surface area contributed by atoms with E-state index in [0.29, 0.717) is 5.02 Å². The maximum atomic E-state index is 6.17. The Labute approximate surface area is 127 Å². The fourth-order valence-corrected chi connectivity index (χ4v) is 3.20. The molecule has 0 aliphatic carbocycles. The minimum atomic E-state index is 0.625. The van der Waals surface area contributed by atoms with Gasteiger partial charge in [0, 0.05) is 38.1 Å². The van der Waals surface area contributed by atoms with Gasteiger partial charge in [-0.05, 0) is 6.42 Å². The highest BCUT2D eigenvalue weighted by atomic mass is 35.5. The Morgan fingerprint density at radius 1 is 1.20 bits per heavy atom. The van der Waals surface area contributed by atoms with E-state index in [1.165, 1.54) is 0 Å². The molecule has 2 aromatic heterocycles. The molecule has 0 atom stereocenters. The van der Waals surface area contributed by atoms with Crippen LogP contribution in [0, 0.1) is 0 Å². The average molecular weight is 310 g/mol. The van der Waals surface area contributed by atoms with Gasteiger partial charge >= 0.3 is 0 Å². The van der Waals surface area contributed by atoms with Crippen LogP contribution >= 0.6 is 22.9 Å². The first-order chi connectivity index (χ1) is 9.83. The molecule has 106 valence electrons. The maximum absolute atomic E-state index is 6.17. The van der Waals surface area contributed by atoms with Crippen molar-refractivity contribution < 1.29 is 0 Å². The molecule has 1 saturated heterocycles. The molecular formula is C13H16ClN5S. The van der Waals surface area contributed by atoms with Gasteiger partial charge in [-0.15, -0.1) is 11.3 Å². The lowest BCUT2D eigenvalue weighted by Gasteiger charge is -2.22. The molecule has 0 radical (unpaired) electrons. The average Bonchev–Trinajstić information content (AvgIpc) is 2.85. The summed E-state index contributed by atoms with van der Waals surface area (Å²) in [4.78, 5) is 17.3. The number of aromatic nitrogens is 3. The van der Waals surface area contributed by atoms with E-state index in [1.54, 1.807) is 23.9 Å².